The molecule has 1 rings (SSSR count). The summed E-state index contributed by atoms with van der Waals surface area (Å²) in [5, 5.41) is 0. The van der Waals surface area contributed by atoms with Gasteiger partial charge in [0.25, 0.3) is 0 Å². The zero-order chi connectivity index (χ0) is 9.84. The summed E-state index contributed by atoms with van der Waals surface area (Å²) < 4.78 is 0. The molecule has 0 aliphatic rings. The molecule has 0 aliphatic carbocycles. The molecule has 0 aliphatic heterocycles. The molecule has 1 aromatic heterocycles. The zero-order valence-electron chi connectivity index (χ0n) is 7.92. The average Bonchev–Trinajstić information content (AvgIpc) is 2.56. The van der Waals surface area contributed by atoms with Gasteiger partial charge in [-0.1, -0.05) is 6.92 Å². The molecule has 0 saturated carbocycles. The predicted molar refractivity (Wildman–Crippen MR) is 55.0 cm³/mol. The second kappa shape index (κ2) is 3.94. The van der Waals surface area contributed by atoms with E-state index in [-0.39, 0.29) is 7.21 Å². The molecule has 0 atom stereocenters. The maximum atomic E-state index is 11.2. The molecule has 0 aromatic carbocycles. The second-order valence-electron chi connectivity index (χ2n) is 2.90. The van der Waals surface area contributed by atoms with E-state index < -0.39 is 0 Å². The topological polar surface area (TPSA) is 58.9 Å². The largest absolute Gasteiger partial charge is 0.398 e. The van der Waals surface area contributed by atoms with E-state index in [1.54, 1.807) is 19.3 Å². The standard InChI is InChI=1S/C10H14N2O.H2/c1-3-9(7(2)13)10(11)8-4-5-12-6-8;/h4-6,12H,3,11H2,1-2H3;1H/b10-9-;. The molecule has 3 nitrogen and oxygen atoms in total. The van der Waals surface area contributed by atoms with Crippen LogP contribution in [0, 0.1) is 0 Å². The van der Waals surface area contributed by atoms with Gasteiger partial charge in [0.2, 0.25) is 0 Å². The van der Waals surface area contributed by atoms with Crippen LogP contribution in [0.4, 0.5) is 0 Å². The first-order valence-electron chi connectivity index (χ1n) is 4.29. The number of carbonyl (C=O) groups is 1. The minimum atomic E-state index is 0. The van der Waals surface area contributed by atoms with Crippen molar-refractivity contribution in [2.45, 2.75) is 20.3 Å². The third kappa shape index (κ3) is 1.99. The Morgan fingerprint density at radius 2 is 2.38 bits per heavy atom. The maximum absolute atomic E-state index is 11.2. The highest BCUT2D eigenvalue weighted by Gasteiger charge is 2.08. The summed E-state index contributed by atoms with van der Waals surface area (Å²) in [5.41, 5.74) is 7.99. The number of H-pyrrole nitrogens is 1. The molecule has 0 amide bonds. The molecule has 0 radical (unpaired) electrons. The van der Waals surface area contributed by atoms with Gasteiger partial charge in [-0.2, -0.15) is 0 Å². The molecule has 3 heteroatoms. The van der Waals surface area contributed by atoms with E-state index in [0.29, 0.717) is 17.7 Å². The Bertz CT molecular complexity index is 328. The summed E-state index contributed by atoms with van der Waals surface area (Å²) in [4.78, 5) is 14.1. The van der Waals surface area contributed by atoms with Crippen LogP contribution >= 0.6 is 0 Å². The van der Waals surface area contributed by atoms with Crippen LogP contribution in [0.2, 0.25) is 0 Å². The summed E-state index contributed by atoms with van der Waals surface area (Å²) >= 11 is 0. The number of Topliss-reactive ketones (excluding diaryl/α,β-unsaturated/α-hetero) is 1. The summed E-state index contributed by atoms with van der Waals surface area (Å²) in [6.45, 7) is 3.47. The van der Waals surface area contributed by atoms with Crippen LogP contribution in [0.3, 0.4) is 0 Å². The fourth-order valence-corrected chi connectivity index (χ4v) is 1.29. The van der Waals surface area contributed by atoms with Gasteiger partial charge >= 0.3 is 0 Å². The van der Waals surface area contributed by atoms with Crippen molar-refractivity contribution < 1.29 is 6.22 Å². The fraction of sp³-hybridized carbons (Fsp3) is 0.300. The van der Waals surface area contributed by atoms with Crippen molar-refractivity contribution in [3.63, 3.8) is 0 Å². The molecule has 0 saturated heterocycles. The highest BCUT2D eigenvalue weighted by molar-refractivity contribution is 6.00. The third-order valence-corrected chi connectivity index (χ3v) is 2.01. The highest BCUT2D eigenvalue weighted by Crippen LogP contribution is 2.15. The third-order valence-electron chi connectivity index (χ3n) is 2.01. The molecule has 1 heterocycles. The van der Waals surface area contributed by atoms with E-state index in [9.17, 15) is 4.79 Å². The van der Waals surface area contributed by atoms with Gasteiger partial charge in [-0.25, -0.2) is 0 Å². The van der Waals surface area contributed by atoms with Crippen molar-refractivity contribution in [3.8, 4) is 0 Å². The SMILES string of the molecule is CC/C(C(C)=O)=C(/N)c1cc[nH]c1.[HH]. The smallest absolute Gasteiger partial charge is 0.157 e. The highest BCUT2D eigenvalue weighted by atomic mass is 16.1. The summed E-state index contributed by atoms with van der Waals surface area (Å²) in [5.74, 6) is 0.0428. The number of nitrogens with one attached hydrogen (secondary N) is 1. The van der Waals surface area contributed by atoms with Crippen LogP contribution in [0.15, 0.2) is 24.0 Å². The lowest BCUT2D eigenvalue weighted by molar-refractivity contribution is -0.113. The number of carbonyl (C=O) groups excluding carboxylic acids is 1. The first-order chi connectivity index (χ1) is 6.16. The van der Waals surface area contributed by atoms with Gasteiger partial charge < -0.3 is 10.7 Å². The van der Waals surface area contributed by atoms with E-state index in [2.05, 4.69) is 4.98 Å². The van der Waals surface area contributed by atoms with Crippen molar-refractivity contribution in [3.05, 3.63) is 29.6 Å². The molecule has 13 heavy (non-hydrogen) atoms. The van der Waals surface area contributed by atoms with Crippen molar-refractivity contribution in [2.75, 3.05) is 0 Å². The molecule has 72 valence electrons. The Morgan fingerprint density at radius 1 is 1.69 bits per heavy atom. The van der Waals surface area contributed by atoms with Gasteiger partial charge in [0.1, 0.15) is 0 Å². The first kappa shape index (κ1) is 9.58. The van der Waals surface area contributed by atoms with Crippen LogP contribution in [0.25, 0.3) is 5.70 Å². The van der Waals surface area contributed by atoms with Gasteiger partial charge in [-0.05, 0) is 19.4 Å². The van der Waals surface area contributed by atoms with E-state index in [1.807, 2.05) is 13.0 Å². The molecule has 0 unspecified atom stereocenters. The van der Waals surface area contributed by atoms with Gasteiger partial charge in [0.05, 0.1) is 0 Å². The molecular weight excluding hydrogens is 164 g/mol. The Balaban J connectivity index is 0.00000169. The fourth-order valence-electron chi connectivity index (χ4n) is 1.29. The molecule has 0 fully saturated rings. The number of hydrogen-bond donors (Lipinski definition) is 2. The van der Waals surface area contributed by atoms with Gasteiger partial charge in [-0.3, -0.25) is 4.79 Å². The van der Waals surface area contributed by atoms with Crippen molar-refractivity contribution >= 4 is 11.5 Å². The van der Waals surface area contributed by atoms with Crippen LogP contribution in [0.1, 0.15) is 27.3 Å². The Kier molecular flexibility index (Phi) is 2.90. The number of nitrogens with two attached hydrogens (primary N) is 1. The minimum Gasteiger partial charge on any atom is -0.398 e. The molecule has 3 N–H and O–H groups in total. The molecule has 0 spiro atoms. The Hall–Kier alpha value is -1.51. The van der Waals surface area contributed by atoms with Gasteiger partial charge in [-0.15, -0.1) is 0 Å². The monoisotopic (exact) mass is 180 g/mol. The average molecular weight is 180 g/mol. The van der Waals surface area contributed by atoms with Crippen LogP contribution in [-0.2, 0) is 4.79 Å². The van der Waals surface area contributed by atoms with Crippen LogP contribution < -0.4 is 5.73 Å². The van der Waals surface area contributed by atoms with Gasteiger partial charge in [0.15, 0.2) is 5.78 Å². The zero-order valence-corrected chi connectivity index (χ0v) is 7.92. The number of aromatic amines is 1. The number of rotatable bonds is 3. The molecule has 0 bridgehead atoms. The summed E-state index contributed by atoms with van der Waals surface area (Å²) in [7, 11) is 0. The Morgan fingerprint density at radius 3 is 2.77 bits per heavy atom. The lowest BCUT2D eigenvalue weighted by atomic mass is 10.0. The summed E-state index contributed by atoms with van der Waals surface area (Å²) in [6, 6.07) is 1.86. The van der Waals surface area contributed by atoms with Crippen LogP contribution in [-0.4, -0.2) is 10.8 Å². The van der Waals surface area contributed by atoms with Crippen molar-refractivity contribution in [1.29, 1.82) is 0 Å². The van der Waals surface area contributed by atoms with Crippen LogP contribution in [0.5, 0.6) is 0 Å². The number of aromatic nitrogens is 1. The first-order valence-corrected chi connectivity index (χ1v) is 4.29. The number of hydrogen-bond acceptors (Lipinski definition) is 2. The van der Waals surface area contributed by atoms with E-state index >= 15 is 0 Å². The quantitative estimate of drug-likeness (QED) is 0.698. The second-order valence-corrected chi connectivity index (χ2v) is 2.90. The lowest BCUT2D eigenvalue weighted by Crippen LogP contribution is -2.06. The Labute approximate surface area is 79.1 Å². The van der Waals surface area contributed by atoms with E-state index in [0.717, 1.165) is 5.56 Å². The van der Waals surface area contributed by atoms with Crippen molar-refractivity contribution in [1.82, 2.24) is 4.98 Å². The molecule has 1 aromatic rings. The summed E-state index contributed by atoms with van der Waals surface area (Å²) in [6.07, 6.45) is 4.25. The minimum absolute atomic E-state index is 0. The lowest BCUT2D eigenvalue weighted by Gasteiger charge is -2.04. The maximum Gasteiger partial charge on any atom is 0.157 e. The molecular formula is C10H16N2O. The van der Waals surface area contributed by atoms with E-state index in [1.165, 1.54) is 0 Å². The normalized spacial score (nSPS) is 12.5. The predicted octanol–water partition coefficient (Wildman–Crippen LogP) is 1.93. The number of ketones is 1. The van der Waals surface area contributed by atoms with Crippen molar-refractivity contribution in [2.24, 2.45) is 5.73 Å². The van der Waals surface area contributed by atoms with E-state index in [4.69, 9.17) is 5.73 Å². The number of allylic oxidation sites excluding steroid dienone is 1. The van der Waals surface area contributed by atoms with Gasteiger partial charge in [0, 0.05) is 30.7 Å².